The van der Waals surface area contributed by atoms with Crippen LogP contribution in [0.5, 0.6) is 0 Å². The number of fused-ring (bicyclic) bond motifs is 1. The van der Waals surface area contributed by atoms with Crippen molar-refractivity contribution in [3.05, 3.63) is 60.7 Å². The van der Waals surface area contributed by atoms with E-state index in [2.05, 4.69) is 69.3 Å². The van der Waals surface area contributed by atoms with E-state index in [-0.39, 0.29) is 29.6 Å². The number of rotatable bonds is 5. The summed E-state index contributed by atoms with van der Waals surface area (Å²) >= 11 is 0. The first kappa shape index (κ1) is 22.4. The smallest absolute Gasteiger partial charge is 0.261 e. The van der Waals surface area contributed by atoms with Crippen molar-refractivity contribution in [2.45, 2.75) is 69.8 Å². The zero-order chi connectivity index (χ0) is 21.9. The number of carbonyl (C=O) groups is 1. The van der Waals surface area contributed by atoms with Gasteiger partial charge in [0.2, 0.25) is 0 Å². The number of benzene rings is 2. The summed E-state index contributed by atoms with van der Waals surface area (Å²) in [6.07, 6.45) is 2.68. The molecule has 2 aliphatic rings. The lowest BCUT2D eigenvalue weighted by molar-refractivity contribution is -0.146. The van der Waals surface area contributed by atoms with E-state index in [1.165, 1.54) is 10.4 Å². The first-order chi connectivity index (χ1) is 14.9. The van der Waals surface area contributed by atoms with Gasteiger partial charge in [0.15, 0.2) is 5.78 Å². The Morgan fingerprint density at radius 2 is 1.55 bits per heavy atom. The van der Waals surface area contributed by atoms with E-state index >= 15 is 0 Å². The van der Waals surface area contributed by atoms with E-state index in [0.717, 1.165) is 25.9 Å². The van der Waals surface area contributed by atoms with Crippen molar-refractivity contribution in [3.63, 3.8) is 0 Å². The van der Waals surface area contributed by atoms with Gasteiger partial charge in [0, 0.05) is 13.0 Å². The summed E-state index contributed by atoms with van der Waals surface area (Å²) < 4.78 is 19.2. The molecule has 31 heavy (non-hydrogen) atoms. The van der Waals surface area contributed by atoms with E-state index in [0.29, 0.717) is 6.42 Å². The molecule has 5 heteroatoms. The molecule has 2 fully saturated rings. The Labute approximate surface area is 187 Å². The molecule has 0 bridgehead atoms. The molecule has 0 spiro atoms. The van der Waals surface area contributed by atoms with Gasteiger partial charge in [-0.15, -0.1) is 0 Å². The largest absolute Gasteiger partial charge is 0.404 e. The predicted octanol–water partition coefficient (Wildman–Crippen LogP) is 3.86. The quantitative estimate of drug-likeness (QED) is 0.665. The molecule has 0 aromatic heterocycles. The van der Waals surface area contributed by atoms with Gasteiger partial charge in [0.1, 0.15) is 6.10 Å². The van der Waals surface area contributed by atoms with Crippen LogP contribution in [-0.4, -0.2) is 45.6 Å². The summed E-state index contributed by atoms with van der Waals surface area (Å²) in [4.78, 5) is 13.0. The maximum atomic E-state index is 13.0. The van der Waals surface area contributed by atoms with Gasteiger partial charge >= 0.3 is 0 Å². The van der Waals surface area contributed by atoms with E-state index in [9.17, 15) is 4.79 Å². The Bertz CT molecular complexity index is 822. The first-order valence-electron chi connectivity index (χ1n) is 11.5. The van der Waals surface area contributed by atoms with Gasteiger partial charge < -0.3 is 13.9 Å². The maximum absolute atomic E-state index is 13.0. The Hall–Kier alpha value is -1.79. The molecule has 4 rings (SSSR count). The average Bonchev–Trinajstić information content (AvgIpc) is 2.94. The summed E-state index contributed by atoms with van der Waals surface area (Å²) in [6.45, 7) is 7.80. The van der Waals surface area contributed by atoms with Crippen molar-refractivity contribution in [1.82, 2.24) is 0 Å². The molecule has 0 amide bonds. The van der Waals surface area contributed by atoms with Crippen molar-refractivity contribution in [2.75, 3.05) is 13.2 Å². The molecule has 2 heterocycles. The van der Waals surface area contributed by atoms with Crippen LogP contribution in [0.1, 0.15) is 46.5 Å². The highest BCUT2D eigenvalue weighted by Crippen LogP contribution is 2.37. The molecule has 0 saturated carbocycles. The fourth-order valence-corrected chi connectivity index (χ4v) is 9.62. The van der Waals surface area contributed by atoms with E-state index < -0.39 is 14.4 Å². The fraction of sp³-hybridized carbons (Fsp3) is 0.500. The van der Waals surface area contributed by atoms with E-state index in [1.807, 2.05) is 12.1 Å². The Morgan fingerprint density at radius 1 is 0.935 bits per heavy atom. The lowest BCUT2D eigenvalue weighted by Gasteiger charge is -2.43. The first-order valence-corrected chi connectivity index (χ1v) is 13.4. The van der Waals surface area contributed by atoms with Crippen LogP contribution >= 0.6 is 0 Å². The standard InChI is InChI=1S/C26H34O4Si/c1-26(2,3)31(20-11-6-4-7-12-20,21-13-8-5-9-14-21)29-19-25-22(27)16-17-23-24(30-25)15-10-18-28-23/h4-9,11-14,23-25H,10,15-19H2,1-3H3/t23-,24+,25-/m1/s1. The minimum atomic E-state index is -2.69. The molecule has 2 aromatic carbocycles. The molecule has 2 aromatic rings. The number of hydrogen-bond donors (Lipinski definition) is 0. The molecule has 2 aliphatic heterocycles. The van der Waals surface area contributed by atoms with Crippen LogP contribution in [0.3, 0.4) is 0 Å². The highest BCUT2D eigenvalue weighted by Gasteiger charge is 2.51. The number of ketones is 1. The topological polar surface area (TPSA) is 44.8 Å². The van der Waals surface area contributed by atoms with Crippen molar-refractivity contribution in [1.29, 1.82) is 0 Å². The van der Waals surface area contributed by atoms with Gasteiger partial charge in [-0.25, -0.2) is 0 Å². The zero-order valence-electron chi connectivity index (χ0n) is 18.9. The van der Waals surface area contributed by atoms with E-state index in [1.54, 1.807) is 0 Å². The van der Waals surface area contributed by atoms with Crippen LogP contribution in [0.4, 0.5) is 0 Å². The normalized spacial score (nSPS) is 25.0. The summed E-state index contributed by atoms with van der Waals surface area (Å²) in [6, 6.07) is 21.1. The number of carbonyl (C=O) groups excluding carboxylic acids is 1. The Morgan fingerprint density at radius 3 is 2.13 bits per heavy atom. The number of hydrogen-bond acceptors (Lipinski definition) is 4. The molecule has 0 aliphatic carbocycles. The van der Waals surface area contributed by atoms with Crippen LogP contribution in [0.15, 0.2) is 60.7 Å². The highest BCUT2D eigenvalue weighted by atomic mass is 28.4. The van der Waals surface area contributed by atoms with Gasteiger partial charge in [0.05, 0.1) is 18.8 Å². The lowest BCUT2D eigenvalue weighted by Crippen LogP contribution is -2.67. The Kier molecular flexibility index (Phi) is 6.77. The van der Waals surface area contributed by atoms with Crippen LogP contribution in [0.25, 0.3) is 0 Å². The third-order valence-corrected chi connectivity index (χ3v) is 11.6. The molecule has 0 N–H and O–H groups in total. The second-order valence-electron chi connectivity index (χ2n) is 9.69. The van der Waals surface area contributed by atoms with Crippen LogP contribution in [0.2, 0.25) is 5.04 Å². The van der Waals surface area contributed by atoms with Crippen molar-refractivity contribution < 1.29 is 18.7 Å². The van der Waals surface area contributed by atoms with Gasteiger partial charge in [-0.1, -0.05) is 81.4 Å². The Balaban J connectivity index is 1.67. The molecular weight excluding hydrogens is 404 g/mol. The van der Waals surface area contributed by atoms with Gasteiger partial charge in [-0.2, -0.15) is 0 Å². The fourth-order valence-electron chi connectivity index (χ4n) is 5.06. The minimum absolute atomic E-state index is 0.00652. The molecule has 2 saturated heterocycles. The van der Waals surface area contributed by atoms with E-state index in [4.69, 9.17) is 13.9 Å². The summed E-state index contributed by atoms with van der Waals surface area (Å²) in [7, 11) is -2.69. The molecule has 166 valence electrons. The molecule has 0 unspecified atom stereocenters. The number of Topliss-reactive ketones (excluding diaryl/α,β-unsaturated/α-hetero) is 1. The van der Waals surface area contributed by atoms with Crippen molar-refractivity contribution in [2.24, 2.45) is 0 Å². The summed E-state index contributed by atoms with van der Waals surface area (Å²) in [5.74, 6) is 0.135. The minimum Gasteiger partial charge on any atom is -0.404 e. The lowest BCUT2D eigenvalue weighted by atomic mass is 10.0. The molecule has 4 nitrogen and oxygen atoms in total. The molecule has 3 atom stereocenters. The SMILES string of the molecule is CC(C)(C)[Si](OC[C@H]1O[C@H]2CCCO[C@@H]2CCC1=O)(c1ccccc1)c1ccccc1. The molecular formula is C26H34O4Si. The third kappa shape index (κ3) is 4.56. The predicted molar refractivity (Wildman–Crippen MR) is 125 cm³/mol. The van der Waals surface area contributed by atoms with Crippen LogP contribution in [-0.2, 0) is 18.7 Å². The third-order valence-electron chi connectivity index (χ3n) is 6.62. The average molecular weight is 439 g/mol. The van der Waals surface area contributed by atoms with Crippen LogP contribution < -0.4 is 10.4 Å². The second kappa shape index (κ2) is 9.37. The van der Waals surface area contributed by atoms with Crippen molar-refractivity contribution in [3.8, 4) is 0 Å². The number of ether oxygens (including phenoxy) is 2. The maximum Gasteiger partial charge on any atom is 0.261 e. The van der Waals surface area contributed by atoms with Crippen molar-refractivity contribution >= 4 is 24.5 Å². The summed E-state index contributed by atoms with van der Waals surface area (Å²) in [5.41, 5.74) is 0. The zero-order valence-corrected chi connectivity index (χ0v) is 19.9. The monoisotopic (exact) mass is 438 g/mol. The van der Waals surface area contributed by atoms with Crippen LogP contribution in [0, 0.1) is 0 Å². The highest BCUT2D eigenvalue weighted by molar-refractivity contribution is 6.99. The summed E-state index contributed by atoms with van der Waals surface area (Å²) in [5, 5.41) is 2.31. The molecule has 0 radical (unpaired) electrons. The second-order valence-corrected chi connectivity index (χ2v) is 14.0. The van der Waals surface area contributed by atoms with Gasteiger partial charge in [0.25, 0.3) is 8.32 Å². The van der Waals surface area contributed by atoms with Gasteiger partial charge in [-0.05, 0) is 34.7 Å². The van der Waals surface area contributed by atoms with Gasteiger partial charge in [-0.3, -0.25) is 4.79 Å².